The van der Waals surface area contributed by atoms with Gasteiger partial charge in [0, 0.05) is 22.9 Å². The van der Waals surface area contributed by atoms with E-state index in [1.54, 1.807) is 11.8 Å². The second-order valence-electron chi connectivity index (χ2n) is 5.30. The van der Waals surface area contributed by atoms with Crippen molar-refractivity contribution in [3.05, 3.63) is 22.1 Å². The maximum atomic E-state index is 11.3. The van der Waals surface area contributed by atoms with Gasteiger partial charge in [-0.2, -0.15) is 0 Å². The van der Waals surface area contributed by atoms with Gasteiger partial charge >= 0.3 is 0 Å². The van der Waals surface area contributed by atoms with E-state index in [9.17, 15) is 4.79 Å². The van der Waals surface area contributed by atoms with Gasteiger partial charge in [-0.1, -0.05) is 32.0 Å². The second-order valence-corrected chi connectivity index (χ2v) is 6.38. The summed E-state index contributed by atoms with van der Waals surface area (Å²) in [5.41, 5.74) is 5.95. The minimum Gasteiger partial charge on any atom is -0.387 e. The van der Waals surface area contributed by atoms with E-state index in [1.165, 1.54) is 6.07 Å². The monoisotopic (exact) mass is 282 g/mol. The standard InChI is InChI=1S/C13H22N4OS/c1-9-8-10(18)17-12(16-9)19-7-5-4-6-13(2,3)11(14)15/h8H,4-7H2,1-3H3,(H3,14,15)(H,16,17,18). The third-order valence-electron chi connectivity index (χ3n) is 3.01. The van der Waals surface area contributed by atoms with Crippen molar-refractivity contribution in [2.45, 2.75) is 45.2 Å². The number of unbranched alkanes of at least 4 members (excludes halogenated alkanes) is 1. The lowest BCUT2D eigenvalue weighted by Gasteiger charge is -2.22. The highest BCUT2D eigenvalue weighted by atomic mass is 32.2. The Bertz CT molecular complexity index is 496. The van der Waals surface area contributed by atoms with Gasteiger partial charge in [-0.15, -0.1) is 0 Å². The number of H-pyrrole nitrogens is 1. The van der Waals surface area contributed by atoms with Crippen molar-refractivity contribution in [2.75, 3.05) is 5.75 Å². The topological polar surface area (TPSA) is 95.6 Å². The molecule has 0 atom stereocenters. The molecule has 0 saturated carbocycles. The molecule has 6 heteroatoms. The van der Waals surface area contributed by atoms with Crippen molar-refractivity contribution >= 4 is 17.6 Å². The zero-order chi connectivity index (χ0) is 14.5. The Kier molecular flexibility index (Phi) is 5.60. The summed E-state index contributed by atoms with van der Waals surface area (Å²) in [5, 5.41) is 8.16. The molecule has 1 rings (SSSR count). The van der Waals surface area contributed by atoms with Crippen LogP contribution in [0.3, 0.4) is 0 Å². The highest BCUT2D eigenvalue weighted by molar-refractivity contribution is 7.99. The number of aryl methyl sites for hydroxylation is 1. The van der Waals surface area contributed by atoms with E-state index in [0.717, 1.165) is 30.7 Å². The average molecular weight is 282 g/mol. The summed E-state index contributed by atoms with van der Waals surface area (Å²) in [6.07, 6.45) is 2.93. The average Bonchev–Trinajstić information content (AvgIpc) is 2.26. The number of nitrogens with two attached hydrogens (primary N) is 1. The lowest BCUT2D eigenvalue weighted by atomic mass is 9.86. The van der Waals surface area contributed by atoms with Crippen molar-refractivity contribution in [2.24, 2.45) is 11.1 Å². The fraction of sp³-hybridized carbons (Fsp3) is 0.615. The normalized spacial score (nSPS) is 11.5. The van der Waals surface area contributed by atoms with Crippen molar-refractivity contribution in [1.29, 1.82) is 5.41 Å². The number of aromatic nitrogens is 2. The molecule has 0 aliphatic rings. The van der Waals surface area contributed by atoms with Crippen LogP contribution in [0.25, 0.3) is 0 Å². The summed E-state index contributed by atoms with van der Waals surface area (Å²) < 4.78 is 0. The minimum absolute atomic E-state index is 0.104. The zero-order valence-electron chi connectivity index (χ0n) is 11.7. The molecule has 19 heavy (non-hydrogen) atoms. The van der Waals surface area contributed by atoms with Gasteiger partial charge in [0.15, 0.2) is 5.16 Å². The smallest absolute Gasteiger partial charge is 0.251 e. The van der Waals surface area contributed by atoms with Gasteiger partial charge in [-0.3, -0.25) is 10.2 Å². The van der Waals surface area contributed by atoms with Crippen LogP contribution >= 0.6 is 11.8 Å². The van der Waals surface area contributed by atoms with Crippen molar-refractivity contribution in [1.82, 2.24) is 9.97 Å². The Balaban J connectivity index is 2.32. The van der Waals surface area contributed by atoms with Crippen molar-refractivity contribution < 1.29 is 0 Å². The number of aromatic amines is 1. The SMILES string of the molecule is Cc1cc(=O)[nH]c(SCCCCC(C)(C)C(=N)N)n1. The number of hydrogen-bond donors (Lipinski definition) is 3. The predicted molar refractivity (Wildman–Crippen MR) is 79.9 cm³/mol. The first kappa shape index (κ1) is 15.8. The Morgan fingerprint density at radius 2 is 2.21 bits per heavy atom. The van der Waals surface area contributed by atoms with Gasteiger partial charge in [0.25, 0.3) is 5.56 Å². The number of thioether (sulfide) groups is 1. The lowest BCUT2D eigenvalue weighted by molar-refractivity contribution is 0.448. The van der Waals surface area contributed by atoms with Crippen LogP contribution in [0.1, 0.15) is 38.8 Å². The van der Waals surface area contributed by atoms with E-state index >= 15 is 0 Å². The van der Waals surface area contributed by atoms with Crippen LogP contribution in [-0.2, 0) is 0 Å². The van der Waals surface area contributed by atoms with Crippen molar-refractivity contribution in [3.63, 3.8) is 0 Å². The summed E-state index contributed by atoms with van der Waals surface area (Å²) >= 11 is 1.56. The zero-order valence-corrected chi connectivity index (χ0v) is 12.6. The molecular formula is C13H22N4OS. The number of rotatable bonds is 7. The van der Waals surface area contributed by atoms with Crippen molar-refractivity contribution in [3.8, 4) is 0 Å². The Morgan fingerprint density at radius 1 is 1.53 bits per heavy atom. The van der Waals surface area contributed by atoms with Gasteiger partial charge in [0.1, 0.15) is 0 Å². The number of amidine groups is 1. The van der Waals surface area contributed by atoms with E-state index < -0.39 is 0 Å². The number of hydrogen-bond acceptors (Lipinski definition) is 4. The molecule has 0 bridgehead atoms. The van der Waals surface area contributed by atoms with Crippen LogP contribution in [0.4, 0.5) is 0 Å². The molecule has 106 valence electrons. The highest BCUT2D eigenvalue weighted by Crippen LogP contribution is 2.24. The van der Waals surface area contributed by atoms with E-state index in [-0.39, 0.29) is 16.8 Å². The van der Waals surface area contributed by atoms with Crippen LogP contribution in [0.5, 0.6) is 0 Å². The van der Waals surface area contributed by atoms with E-state index in [2.05, 4.69) is 9.97 Å². The summed E-state index contributed by atoms with van der Waals surface area (Å²) in [6.45, 7) is 5.79. The minimum atomic E-state index is -0.222. The quantitative estimate of drug-likeness (QED) is 0.235. The Labute approximate surface area is 117 Å². The maximum Gasteiger partial charge on any atom is 0.251 e. The lowest BCUT2D eigenvalue weighted by Crippen LogP contribution is -2.30. The van der Waals surface area contributed by atoms with Crippen LogP contribution in [-0.4, -0.2) is 21.6 Å². The molecule has 5 nitrogen and oxygen atoms in total. The molecular weight excluding hydrogens is 260 g/mol. The highest BCUT2D eigenvalue weighted by Gasteiger charge is 2.20. The molecule has 0 unspecified atom stereocenters. The molecule has 1 aromatic rings. The van der Waals surface area contributed by atoms with Crippen LogP contribution in [0.15, 0.2) is 16.0 Å². The summed E-state index contributed by atoms with van der Waals surface area (Å²) in [6, 6.07) is 1.49. The molecule has 0 fully saturated rings. The van der Waals surface area contributed by atoms with E-state index in [1.807, 2.05) is 20.8 Å². The first-order chi connectivity index (χ1) is 8.81. The first-order valence-corrected chi connectivity index (χ1v) is 7.35. The molecule has 0 saturated heterocycles. The summed E-state index contributed by atoms with van der Waals surface area (Å²) in [7, 11) is 0. The van der Waals surface area contributed by atoms with Gasteiger partial charge in [0.05, 0.1) is 5.84 Å². The fourth-order valence-corrected chi connectivity index (χ4v) is 2.52. The van der Waals surface area contributed by atoms with E-state index in [4.69, 9.17) is 11.1 Å². The third-order valence-corrected chi connectivity index (χ3v) is 3.97. The Morgan fingerprint density at radius 3 is 2.79 bits per heavy atom. The van der Waals surface area contributed by atoms with Gasteiger partial charge in [0.2, 0.25) is 0 Å². The van der Waals surface area contributed by atoms with Gasteiger partial charge in [-0.25, -0.2) is 4.98 Å². The summed E-state index contributed by atoms with van der Waals surface area (Å²) in [5.74, 6) is 1.14. The largest absolute Gasteiger partial charge is 0.387 e. The van der Waals surface area contributed by atoms with Gasteiger partial charge < -0.3 is 10.7 Å². The predicted octanol–water partition coefficient (Wildman–Crippen LogP) is 2.30. The molecule has 0 amide bonds. The molecule has 0 radical (unpaired) electrons. The van der Waals surface area contributed by atoms with Crippen LogP contribution in [0, 0.1) is 17.7 Å². The molecule has 0 aliphatic heterocycles. The van der Waals surface area contributed by atoms with Gasteiger partial charge in [-0.05, 0) is 19.8 Å². The second kappa shape index (κ2) is 6.75. The van der Waals surface area contributed by atoms with Crippen LogP contribution < -0.4 is 11.3 Å². The number of nitrogens with zero attached hydrogens (tertiary/aromatic N) is 1. The molecule has 0 spiro atoms. The van der Waals surface area contributed by atoms with E-state index in [0.29, 0.717) is 5.16 Å². The number of nitrogens with one attached hydrogen (secondary N) is 2. The fourth-order valence-electron chi connectivity index (χ4n) is 1.59. The molecule has 0 aromatic carbocycles. The van der Waals surface area contributed by atoms with Crippen LogP contribution in [0.2, 0.25) is 0 Å². The molecule has 1 heterocycles. The Hall–Kier alpha value is -1.30. The molecule has 1 aromatic heterocycles. The summed E-state index contributed by atoms with van der Waals surface area (Å²) in [4.78, 5) is 18.2. The maximum absolute atomic E-state index is 11.3. The molecule has 0 aliphatic carbocycles. The third kappa shape index (κ3) is 5.46. The molecule has 4 N–H and O–H groups in total. The first-order valence-electron chi connectivity index (χ1n) is 6.36.